The van der Waals surface area contributed by atoms with Crippen molar-refractivity contribution in [3.63, 3.8) is 0 Å². The van der Waals surface area contributed by atoms with E-state index in [1.54, 1.807) is 12.1 Å². The van der Waals surface area contributed by atoms with Crippen molar-refractivity contribution in [2.24, 2.45) is 0 Å². The average molecular weight is 322 g/mol. The number of ether oxygens (including phenoxy) is 1. The lowest BCUT2D eigenvalue weighted by molar-refractivity contribution is -0.143. The molecule has 0 spiro atoms. The molecule has 1 aromatic carbocycles. The third-order valence-electron chi connectivity index (χ3n) is 3.94. The minimum absolute atomic E-state index is 0.0816. The number of unbranched alkanes of at least 4 members (excludes halogenated alkanes) is 6. The normalized spacial score (nSPS) is 10.7. The Labute approximate surface area is 139 Å². The number of esters is 1. The van der Waals surface area contributed by atoms with Crippen LogP contribution in [0, 0.1) is 0 Å². The van der Waals surface area contributed by atoms with Crippen LogP contribution in [0.5, 0.6) is 11.5 Å². The van der Waals surface area contributed by atoms with E-state index in [-0.39, 0.29) is 17.5 Å². The number of aromatic hydroxyl groups is 2. The van der Waals surface area contributed by atoms with Gasteiger partial charge in [-0.2, -0.15) is 0 Å². The zero-order valence-electron chi connectivity index (χ0n) is 14.2. The van der Waals surface area contributed by atoms with E-state index in [9.17, 15) is 15.0 Å². The number of hydrogen-bond donors (Lipinski definition) is 2. The van der Waals surface area contributed by atoms with Crippen LogP contribution in [0.15, 0.2) is 18.2 Å². The second kappa shape index (κ2) is 11.8. The number of aryl methyl sites for hydroxylation is 1. The molecule has 0 saturated carbocycles. The summed E-state index contributed by atoms with van der Waals surface area (Å²) in [4.78, 5) is 11.6. The van der Waals surface area contributed by atoms with Crippen LogP contribution in [0.25, 0.3) is 0 Å². The van der Waals surface area contributed by atoms with Crippen LogP contribution in [0.3, 0.4) is 0 Å². The fourth-order valence-electron chi connectivity index (χ4n) is 2.53. The van der Waals surface area contributed by atoms with Gasteiger partial charge in [0.25, 0.3) is 0 Å². The number of hydrogen-bond acceptors (Lipinski definition) is 4. The minimum atomic E-state index is -0.140. The number of rotatable bonds is 12. The van der Waals surface area contributed by atoms with E-state index in [0.29, 0.717) is 31.4 Å². The van der Waals surface area contributed by atoms with Gasteiger partial charge in [0, 0.05) is 6.42 Å². The second-order valence-electron chi connectivity index (χ2n) is 5.98. The summed E-state index contributed by atoms with van der Waals surface area (Å²) >= 11 is 0. The van der Waals surface area contributed by atoms with Crippen molar-refractivity contribution in [1.29, 1.82) is 0 Å². The van der Waals surface area contributed by atoms with Gasteiger partial charge in [-0.1, -0.05) is 57.6 Å². The SMILES string of the molecule is CCCCCCCCCC(=O)OCCCc1cccc(O)c1O. The third kappa shape index (κ3) is 8.48. The summed E-state index contributed by atoms with van der Waals surface area (Å²) in [6.07, 6.45) is 10.0. The number of phenolic OH excluding ortho intramolecular Hbond substituents is 2. The number of carbonyl (C=O) groups excluding carboxylic acids is 1. The van der Waals surface area contributed by atoms with E-state index >= 15 is 0 Å². The van der Waals surface area contributed by atoms with Crippen molar-refractivity contribution in [1.82, 2.24) is 0 Å². The summed E-state index contributed by atoms with van der Waals surface area (Å²) in [5, 5.41) is 19.1. The number of phenols is 2. The summed E-state index contributed by atoms with van der Waals surface area (Å²) in [6, 6.07) is 4.90. The Morgan fingerprint density at radius 2 is 1.70 bits per heavy atom. The lowest BCUT2D eigenvalue weighted by atomic mass is 10.1. The molecule has 130 valence electrons. The maximum atomic E-state index is 11.6. The van der Waals surface area contributed by atoms with E-state index in [0.717, 1.165) is 12.8 Å². The number of benzene rings is 1. The standard InChI is InChI=1S/C19H30O4/c1-2-3-4-5-6-7-8-14-18(21)23-15-10-12-16-11-9-13-17(20)19(16)22/h9,11,13,20,22H,2-8,10,12,14-15H2,1H3. The lowest BCUT2D eigenvalue weighted by Crippen LogP contribution is -2.06. The smallest absolute Gasteiger partial charge is 0.305 e. The summed E-state index contributed by atoms with van der Waals surface area (Å²) in [5.41, 5.74) is 0.674. The summed E-state index contributed by atoms with van der Waals surface area (Å²) in [6.45, 7) is 2.56. The van der Waals surface area contributed by atoms with Gasteiger partial charge < -0.3 is 14.9 Å². The van der Waals surface area contributed by atoms with Crippen LogP contribution in [0.1, 0.15) is 70.3 Å². The van der Waals surface area contributed by atoms with Crippen molar-refractivity contribution in [2.75, 3.05) is 6.61 Å². The summed E-state index contributed by atoms with van der Waals surface area (Å²) < 4.78 is 5.20. The predicted octanol–water partition coefficient (Wildman–Crippen LogP) is 4.71. The Bertz CT molecular complexity index is 457. The molecular formula is C19H30O4. The molecule has 0 aliphatic heterocycles. The zero-order valence-corrected chi connectivity index (χ0v) is 14.2. The highest BCUT2D eigenvalue weighted by Gasteiger charge is 2.06. The van der Waals surface area contributed by atoms with Gasteiger partial charge in [0.2, 0.25) is 0 Å². The van der Waals surface area contributed by atoms with Crippen LogP contribution in [0.4, 0.5) is 0 Å². The molecular weight excluding hydrogens is 292 g/mol. The Morgan fingerprint density at radius 3 is 2.43 bits per heavy atom. The Morgan fingerprint density at radius 1 is 1.00 bits per heavy atom. The molecule has 0 unspecified atom stereocenters. The molecule has 0 bridgehead atoms. The third-order valence-corrected chi connectivity index (χ3v) is 3.94. The zero-order chi connectivity index (χ0) is 16.9. The first kappa shape index (κ1) is 19.3. The summed E-state index contributed by atoms with van der Waals surface area (Å²) in [7, 11) is 0. The highest BCUT2D eigenvalue weighted by Crippen LogP contribution is 2.28. The van der Waals surface area contributed by atoms with Gasteiger partial charge in [0.15, 0.2) is 11.5 Å². The first-order valence-corrected chi connectivity index (χ1v) is 8.80. The Kier molecular flexibility index (Phi) is 9.92. The van der Waals surface area contributed by atoms with Gasteiger partial charge in [-0.25, -0.2) is 0 Å². The molecule has 0 heterocycles. The molecule has 0 aliphatic carbocycles. The van der Waals surface area contributed by atoms with E-state index < -0.39 is 0 Å². The van der Waals surface area contributed by atoms with Gasteiger partial charge >= 0.3 is 5.97 Å². The van der Waals surface area contributed by atoms with Crippen LogP contribution in [-0.2, 0) is 16.0 Å². The van der Waals surface area contributed by atoms with Gasteiger partial charge in [-0.05, 0) is 30.9 Å². The average Bonchev–Trinajstić information content (AvgIpc) is 2.54. The molecule has 1 aromatic rings. The molecule has 4 heteroatoms. The molecule has 0 fully saturated rings. The molecule has 4 nitrogen and oxygen atoms in total. The van der Waals surface area contributed by atoms with Gasteiger partial charge in [-0.3, -0.25) is 4.79 Å². The second-order valence-corrected chi connectivity index (χ2v) is 5.98. The molecule has 0 amide bonds. The van der Waals surface area contributed by atoms with Crippen LogP contribution in [0.2, 0.25) is 0 Å². The maximum Gasteiger partial charge on any atom is 0.305 e. The molecule has 1 rings (SSSR count). The minimum Gasteiger partial charge on any atom is -0.504 e. The first-order valence-electron chi connectivity index (χ1n) is 8.80. The van der Waals surface area contributed by atoms with E-state index in [1.165, 1.54) is 38.2 Å². The maximum absolute atomic E-state index is 11.6. The fourth-order valence-corrected chi connectivity index (χ4v) is 2.53. The van der Waals surface area contributed by atoms with Crippen molar-refractivity contribution in [2.45, 2.75) is 71.1 Å². The van der Waals surface area contributed by atoms with E-state index in [1.807, 2.05) is 0 Å². The van der Waals surface area contributed by atoms with Gasteiger partial charge in [0.05, 0.1) is 6.61 Å². The Hall–Kier alpha value is -1.71. The monoisotopic (exact) mass is 322 g/mol. The summed E-state index contributed by atoms with van der Waals surface area (Å²) in [5.74, 6) is -0.334. The predicted molar refractivity (Wildman–Crippen MR) is 91.7 cm³/mol. The Balaban J connectivity index is 2.03. The molecule has 0 atom stereocenters. The lowest BCUT2D eigenvalue weighted by Gasteiger charge is -2.07. The highest BCUT2D eigenvalue weighted by atomic mass is 16.5. The number of carbonyl (C=O) groups is 1. The quantitative estimate of drug-likeness (QED) is 0.332. The van der Waals surface area contributed by atoms with Crippen molar-refractivity contribution < 1.29 is 19.7 Å². The highest BCUT2D eigenvalue weighted by molar-refractivity contribution is 5.69. The van der Waals surface area contributed by atoms with Gasteiger partial charge in [-0.15, -0.1) is 0 Å². The molecule has 23 heavy (non-hydrogen) atoms. The van der Waals surface area contributed by atoms with Crippen LogP contribution >= 0.6 is 0 Å². The molecule has 0 aliphatic rings. The van der Waals surface area contributed by atoms with Gasteiger partial charge in [0.1, 0.15) is 0 Å². The molecule has 0 radical (unpaired) electrons. The van der Waals surface area contributed by atoms with E-state index in [4.69, 9.17) is 4.74 Å². The first-order chi connectivity index (χ1) is 11.1. The number of para-hydroxylation sites is 1. The van der Waals surface area contributed by atoms with Crippen LogP contribution in [-0.4, -0.2) is 22.8 Å². The van der Waals surface area contributed by atoms with E-state index in [2.05, 4.69) is 6.92 Å². The molecule has 0 saturated heterocycles. The van der Waals surface area contributed by atoms with Crippen molar-refractivity contribution in [3.05, 3.63) is 23.8 Å². The fraction of sp³-hybridized carbons (Fsp3) is 0.632. The topological polar surface area (TPSA) is 66.8 Å². The van der Waals surface area contributed by atoms with Crippen LogP contribution < -0.4 is 0 Å². The van der Waals surface area contributed by atoms with Crippen molar-refractivity contribution in [3.8, 4) is 11.5 Å². The largest absolute Gasteiger partial charge is 0.504 e. The molecule has 2 N–H and O–H groups in total. The van der Waals surface area contributed by atoms with Crippen molar-refractivity contribution >= 4 is 5.97 Å². The molecule has 0 aromatic heterocycles.